The lowest BCUT2D eigenvalue weighted by Gasteiger charge is -2.32. The Balaban J connectivity index is 1.60. The van der Waals surface area contributed by atoms with E-state index in [1.807, 2.05) is 6.07 Å². The third-order valence-corrected chi connectivity index (χ3v) is 5.00. The zero-order valence-electron chi connectivity index (χ0n) is 13.0. The molecule has 0 aromatic carbocycles. The van der Waals surface area contributed by atoms with Crippen molar-refractivity contribution in [2.24, 2.45) is 11.3 Å². The molecule has 2 fully saturated rings. The summed E-state index contributed by atoms with van der Waals surface area (Å²) >= 11 is 0. The molecule has 0 amide bonds. The van der Waals surface area contributed by atoms with E-state index in [-0.39, 0.29) is 18.6 Å². The van der Waals surface area contributed by atoms with Crippen LogP contribution in [0.15, 0.2) is 12.4 Å². The number of rotatable bonds is 7. The summed E-state index contributed by atoms with van der Waals surface area (Å²) in [6, 6.07) is 1.99. The summed E-state index contributed by atoms with van der Waals surface area (Å²) in [5, 5.41) is 21.9. The van der Waals surface area contributed by atoms with Crippen LogP contribution in [0.1, 0.15) is 32.1 Å². The fourth-order valence-electron chi connectivity index (χ4n) is 3.25. The first-order valence-electron chi connectivity index (χ1n) is 8.27. The predicted molar refractivity (Wildman–Crippen MR) is 85.9 cm³/mol. The molecule has 1 saturated carbocycles. The topological polar surface area (TPSA) is 81.5 Å². The van der Waals surface area contributed by atoms with E-state index in [0.717, 1.165) is 50.5 Å². The normalized spacial score (nSPS) is 23.4. The average molecular weight is 306 g/mol. The summed E-state index contributed by atoms with van der Waals surface area (Å²) in [4.78, 5) is 10.9. The van der Waals surface area contributed by atoms with E-state index >= 15 is 0 Å². The van der Waals surface area contributed by atoms with Crippen LogP contribution < -0.4 is 10.2 Å². The number of anilines is 2. The molecular weight excluding hydrogens is 280 g/mol. The van der Waals surface area contributed by atoms with Gasteiger partial charge in [-0.05, 0) is 43.4 Å². The van der Waals surface area contributed by atoms with Crippen LogP contribution in [-0.2, 0) is 0 Å². The van der Waals surface area contributed by atoms with Crippen LogP contribution in [0.2, 0.25) is 0 Å². The summed E-state index contributed by atoms with van der Waals surface area (Å²) in [5.74, 6) is 2.13. The van der Waals surface area contributed by atoms with Crippen LogP contribution in [0.25, 0.3) is 0 Å². The second-order valence-corrected chi connectivity index (χ2v) is 6.73. The highest BCUT2D eigenvalue weighted by Gasteiger charge is 2.41. The molecule has 6 nitrogen and oxygen atoms in total. The molecule has 6 heteroatoms. The summed E-state index contributed by atoms with van der Waals surface area (Å²) in [6.45, 7) is 3.22. The number of aliphatic hydroxyl groups is 2. The molecule has 1 saturated heterocycles. The number of hydrogen-bond acceptors (Lipinski definition) is 6. The van der Waals surface area contributed by atoms with Gasteiger partial charge in [0.2, 0.25) is 0 Å². The first-order valence-corrected chi connectivity index (χ1v) is 8.27. The molecule has 122 valence electrons. The molecule has 1 aromatic heterocycles. The first kappa shape index (κ1) is 15.5. The van der Waals surface area contributed by atoms with Crippen LogP contribution in [-0.4, -0.2) is 53.0 Å². The highest BCUT2D eigenvalue weighted by Crippen LogP contribution is 2.48. The molecule has 1 unspecified atom stereocenters. The van der Waals surface area contributed by atoms with Gasteiger partial charge < -0.3 is 20.4 Å². The van der Waals surface area contributed by atoms with Crippen LogP contribution in [0, 0.1) is 11.3 Å². The van der Waals surface area contributed by atoms with Crippen molar-refractivity contribution in [1.29, 1.82) is 0 Å². The van der Waals surface area contributed by atoms with Crippen LogP contribution in [0.3, 0.4) is 0 Å². The van der Waals surface area contributed by atoms with Gasteiger partial charge >= 0.3 is 0 Å². The Labute approximate surface area is 131 Å². The molecule has 1 atom stereocenters. The van der Waals surface area contributed by atoms with Gasteiger partial charge in [-0.15, -0.1) is 0 Å². The second-order valence-electron chi connectivity index (χ2n) is 6.73. The van der Waals surface area contributed by atoms with E-state index in [1.54, 1.807) is 6.33 Å². The number of aromatic nitrogens is 2. The largest absolute Gasteiger partial charge is 0.396 e. The summed E-state index contributed by atoms with van der Waals surface area (Å²) in [6.07, 6.45) is 7.02. The van der Waals surface area contributed by atoms with Crippen molar-refractivity contribution < 1.29 is 10.2 Å². The molecular formula is C16H26N4O2. The van der Waals surface area contributed by atoms with Crippen molar-refractivity contribution in [2.45, 2.75) is 32.1 Å². The fourth-order valence-corrected chi connectivity index (χ4v) is 3.25. The maximum absolute atomic E-state index is 9.35. The lowest BCUT2D eigenvalue weighted by Crippen LogP contribution is -2.37. The minimum Gasteiger partial charge on any atom is -0.396 e. The average Bonchev–Trinajstić information content (AvgIpc) is 3.34. The molecule has 3 rings (SSSR count). The minimum atomic E-state index is 0.246. The number of nitrogens with zero attached hydrogens (tertiary/aromatic N) is 3. The van der Waals surface area contributed by atoms with E-state index in [1.165, 1.54) is 12.8 Å². The summed E-state index contributed by atoms with van der Waals surface area (Å²) < 4.78 is 0. The Hall–Kier alpha value is -1.40. The highest BCUT2D eigenvalue weighted by atomic mass is 16.3. The van der Waals surface area contributed by atoms with Gasteiger partial charge in [0.25, 0.3) is 0 Å². The SMILES string of the molecule is OCCC1(CNc2cc(N3CCCC(CO)C3)ncn2)CC1. The van der Waals surface area contributed by atoms with E-state index in [2.05, 4.69) is 20.2 Å². The van der Waals surface area contributed by atoms with E-state index in [4.69, 9.17) is 5.11 Å². The monoisotopic (exact) mass is 306 g/mol. The van der Waals surface area contributed by atoms with Crippen molar-refractivity contribution in [1.82, 2.24) is 9.97 Å². The molecule has 1 aliphatic carbocycles. The van der Waals surface area contributed by atoms with Gasteiger partial charge in [0.15, 0.2) is 0 Å². The lowest BCUT2D eigenvalue weighted by molar-refractivity contribution is 0.208. The van der Waals surface area contributed by atoms with E-state index in [0.29, 0.717) is 5.92 Å². The third kappa shape index (κ3) is 3.67. The summed E-state index contributed by atoms with van der Waals surface area (Å²) in [5.41, 5.74) is 0.271. The maximum atomic E-state index is 9.35. The molecule has 2 heterocycles. The number of aliphatic hydroxyl groups excluding tert-OH is 2. The number of hydrogen-bond donors (Lipinski definition) is 3. The van der Waals surface area contributed by atoms with Crippen molar-refractivity contribution in [3.63, 3.8) is 0 Å². The van der Waals surface area contributed by atoms with Crippen molar-refractivity contribution in [3.05, 3.63) is 12.4 Å². The highest BCUT2D eigenvalue weighted by molar-refractivity contribution is 5.49. The summed E-state index contributed by atoms with van der Waals surface area (Å²) in [7, 11) is 0. The Morgan fingerprint density at radius 1 is 1.32 bits per heavy atom. The molecule has 0 radical (unpaired) electrons. The lowest BCUT2D eigenvalue weighted by atomic mass is 9.99. The second kappa shape index (κ2) is 6.79. The molecule has 2 aliphatic rings. The van der Waals surface area contributed by atoms with E-state index in [9.17, 15) is 5.11 Å². The standard InChI is InChI=1S/C16H26N4O2/c21-7-5-16(3-4-16)11-17-14-8-15(19-12-18-14)20-6-1-2-13(9-20)10-22/h8,12-13,21-22H,1-7,9-11H2,(H,17,18,19). The van der Waals surface area contributed by atoms with Crippen molar-refractivity contribution >= 4 is 11.6 Å². The maximum Gasteiger partial charge on any atom is 0.134 e. The molecule has 3 N–H and O–H groups in total. The Bertz CT molecular complexity index is 493. The van der Waals surface area contributed by atoms with Crippen LogP contribution in [0.5, 0.6) is 0 Å². The zero-order chi connectivity index (χ0) is 15.4. The number of nitrogens with one attached hydrogen (secondary N) is 1. The molecule has 22 heavy (non-hydrogen) atoms. The van der Waals surface area contributed by atoms with Gasteiger partial charge in [0.1, 0.15) is 18.0 Å². The first-order chi connectivity index (χ1) is 10.7. The van der Waals surface area contributed by atoms with Crippen LogP contribution in [0.4, 0.5) is 11.6 Å². The van der Waals surface area contributed by atoms with Crippen LogP contribution >= 0.6 is 0 Å². The molecule has 0 bridgehead atoms. The van der Waals surface area contributed by atoms with E-state index < -0.39 is 0 Å². The van der Waals surface area contributed by atoms with Gasteiger partial charge in [0, 0.05) is 38.9 Å². The van der Waals surface area contributed by atoms with Crippen molar-refractivity contribution in [3.8, 4) is 0 Å². The predicted octanol–water partition coefficient (Wildman–Crippen LogP) is 1.26. The quantitative estimate of drug-likeness (QED) is 0.703. The molecule has 1 aromatic rings. The fraction of sp³-hybridized carbons (Fsp3) is 0.750. The third-order valence-electron chi connectivity index (χ3n) is 5.00. The van der Waals surface area contributed by atoms with Gasteiger partial charge in [-0.1, -0.05) is 0 Å². The Kier molecular flexibility index (Phi) is 4.78. The zero-order valence-corrected chi connectivity index (χ0v) is 13.0. The molecule has 1 aliphatic heterocycles. The molecule has 0 spiro atoms. The van der Waals surface area contributed by atoms with Crippen molar-refractivity contribution in [2.75, 3.05) is 43.1 Å². The van der Waals surface area contributed by atoms with Gasteiger partial charge in [-0.3, -0.25) is 0 Å². The van der Waals surface area contributed by atoms with Gasteiger partial charge in [0.05, 0.1) is 0 Å². The number of piperidine rings is 1. The Morgan fingerprint density at radius 3 is 2.91 bits per heavy atom. The smallest absolute Gasteiger partial charge is 0.134 e. The van der Waals surface area contributed by atoms with Gasteiger partial charge in [-0.2, -0.15) is 0 Å². The minimum absolute atomic E-state index is 0.246. The Morgan fingerprint density at radius 2 is 2.18 bits per heavy atom. The van der Waals surface area contributed by atoms with Gasteiger partial charge in [-0.25, -0.2) is 9.97 Å².